The zero-order valence-corrected chi connectivity index (χ0v) is 17.5. The van der Waals surface area contributed by atoms with Crippen molar-refractivity contribution in [3.05, 3.63) is 78.7 Å². The van der Waals surface area contributed by atoms with Crippen LogP contribution in [0.15, 0.2) is 61.6 Å². The van der Waals surface area contributed by atoms with Gasteiger partial charge in [-0.3, -0.25) is 19.7 Å². The number of fused-ring (bicyclic) bond motifs is 1. The van der Waals surface area contributed by atoms with Gasteiger partial charge < -0.3 is 9.30 Å². The standard InChI is InChI=1S/C23H23N7O/c1-16-10-26-19(12-25-16)23(31)29-9-8-28(2)21(14-29)22-20-6-5-18(13-30(20)15-27-22)17-4-3-7-24-11-17/h3-7,10-13,15,21H,8-9,14H2,1-2H3/t21-/m1/s1. The highest BCUT2D eigenvalue weighted by molar-refractivity contribution is 5.92. The summed E-state index contributed by atoms with van der Waals surface area (Å²) in [5, 5.41) is 0. The molecule has 1 amide bonds. The molecule has 5 rings (SSSR count). The SMILES string of the molecule is Cc1cnc(C(=O)N2CCN(C)[C@@H](c3ncn4cc(-c5cccnc5)ccc34)C2)cn1. The van der Waals surface area contributed by atoms with Crippen LogP contribution in [0.1, 0.15) is 27.9 Å². The molecular weight excluding hydrogens is 390 g/mol. The fourth-order valence-corrected chi connectivity index (χ4v) is 4.00. The van der Waals surface area contributed by atoms with Crippen molar-refractivity contribution in [2.45, 2.75) is 13.0 Å². The van der Waals surface area contributed by atoms with Crippen LogP contribution in [0.2, 0.25) is 0 Å². The van der Waals surface area contributed by atoms with E-state index in [-0.39, 0.29) is 11.9 Å². The summed E-state index contributed by atoms with van der Waals surface area (Å²) >= 11 is 0. The molecule has 5 heterocycles. The van der Waals surface area contributed by atoms with Crippen LogP contribution in [0.3, 0.4) is 0 Å². The number of aromatic nitrogens is 5. The Labute approximate surface area is 180 Å². The number of hydrogen-bond acceptors (Lipinski definition) is 6. The van der Waals surface area contributed by atoms with E-state index in [2.05, 4.69) is 45.2 Å². The van der Waals surface area contributed by atoms with E-state index in [1.165, 1.54) is 0 Å². The minimum absolute atomic E-state index is 0.00495. The van der Waals surface area contributed by atoms with Crippen LogP contribution in [-0.4, -0.2) is 66.7 Å². The monoisotopic (exact) mass is 413 g/mol. The van der Waals surface area contributed by atoms with E-state index in [0.29, 0.717) is 18.8 Å². The van der Waals surface area contributed by atoms with Crippen LogP contribution in [-0.2, 0) is 0 Å². The Hall–Kier alpha value is -3.65. The maximum absolute atomic E-state index is 13.0. The normalized spacial score (nSPS) is 17.2. The zero-order chi connectivity index (χ0) is 21.4. The molecule has 0 bridgehead atoms. The molecule has 0 aliphatic carbocycles. The third-order valence-electron chi connectivity index (χ3n) is 5.81. The van der Waals surface area contributed by atoms with E-state index in [0.717, 1.165) is 34.6 Å². The second kappa shape index (κ2) is 7.88. The van der Waals surface area contributed by atoms with Gasteiger partial charge in [-0.2, -0.15) is 0 Å². The van der Waals surface area contributed by atoms with Crippen LogP contribution in [0, 0.1) is 6.92 Å². The molecule has 31 heavy (non-hydrogen) atoms. The Morgan fingerprint density at radius 2 is 1.94 bits per heavy atom. The van der Waals surface area contributed by atoms with Crippen LogP contribution < -0.4 is 0 Å². The largest absolute Gasteiger partial charge is 0.334 e. The van der Waals surface area contributed by atoms with Gasteiger partial charge in [-0.05, 0) is 31.7 Å². The number of nitrogens with zero attached hydrogens (tertiary/aromatic N) is 7. The number of rotatable bonds is 3. The number of carbonyl (C=O) groups excluding carboxylic acids is 1. The fourth-order valence-electron chi connectivity index (χ4n) is 4.00. The molecule has 1 fully saturated rings. The molecule has 0 aromatic carbocycles. The van der Waals surface area contributed by atoms with Gasteiger partial charge in [-0.25, -0.2) is 9.97 Å². The van der Waals surface area contributed by atoms with E-state index in [4.69, 9.17) is 4.98 Å². The molecule has 0 saturated carbocycles. The van der Waals surface area contributed by atoms with Gasteiger partial charge in [0.25, 0.3) is 5.91 Å². The first-order chi connectivity index (χ1) is 15.1. The van der Waals surface area contributed by atoms with E-state index in [9.17, 15) is 4.79 Å². The fraction of sp³-hybridized carbons (Fsp3) is 0.261. The summed E-state index contributed by atoms with van der Waals surface area (Å²) in [5.41, 5.74) is 5.32. The topological polar surface area (TPSA) is 79.5 Å². The van der Waals surface area contributed by atoms with Crippen LogP contribution in [0.5, 0.6) is 0 Å². The average Bonchev–Trinajstić information content (AvgIpc) is 3.23. The van der Waals surface area contributed by atoms with Gasteiger partial charge in [-0.1, -0.05) is 12.1 Å². The Kier molecular flexibility index (Phi) is 4.91. The predicted octanol–water partition coefficient (Wildman–Crippen LogP) is 2.62. The number of pyridine rings is 2. The highest BCUT2D eigenvalue weighted by atomic mass is 16.2. The molecule has 0 radical (unpaired) electrons. The maximum atomic E-state index is 13.0. The Balaban J connectivity index is 1.43. The smallest absolute Gasteiger partial charge is 0.274 e. The van der Waals surface area contributed by atoms with Gasteiger partial charge in [-0.15, -0.1) is 0 Å². The van der Waals surface area contributed by atoms with Crippen LogP contribution in [0.25, 0.3) is 16.6 Å². The summed E-state index contributed by atoms with van der Waals surface area (Å²) in [5.74, 6) is -0.0898. The first kappa shape index (κ1) is 19.3. The third-order valence-corrected chi connectivity index (χ3v) is 5.81. The number of hydrogen-bond donors (Lipinski definition) is 0. The second-order valence-electron chi connectivity index (χ2n) is 7.87. The molecular formula is C23H23N7O. The predicted molar refractivity (Wildman–Crippen MR) is 116 cm³/mol. The Morgan fingerprint density at radius 1 is 1.03 bits per heavy atom. The lowest BCUT2D eigenvalue weighted by Crippen LogP contribution is -2.49. The van der Waals surface area contributed by atoms with Crippen molar-refractivity contribution in [1.82, 2.24) is 34.1 Å². The second-order valence-corrected chi connectivity index (χ2v) is 7.87. The summed E-state index contributed by atoms with van der Waals surface area (Å²) in [6.07, 6.45) is 10.7. The molecule has 1 aliphatic rings. The molecule has 0 unspecified atom stereocenters. The number of imidazole rings is 1. The van der Waals surface area contributed by atoms with Gasteiger partial charge in [0.2, 0.25) is 0 Å². The van der Waals surface area contributed by atoms with Crippen molar-refractivity contribution < 1.29 is 4.79 Å². The molecule has 1 aliphatic heterocycles. The van der Waals surface area contributed by atoms with Crippen molar-refractivity contribution in [3.63, 3.8) is 0 Å². The number of aryl methyl sites for hydroxylation is 1. The van der Waals surface area contributed by atoms with E-state index < -0.39 is 0 Å². The number of likely N-dealkylation sites (N-methyl/N-ethyl adjacent to an activating group) is 1. The van der Waals surface area contributed by atoms with E-state index in [1.807, 2.05) is 40.9 Å². The summed E-state index contributed by atoms with van der Waals surface area (Å²) in [4.78, 5) is 34.5. The van der Waals surface area contributed by atoms with Gasteiger partial charge in [0.15, 0.2) is 0 Å². The molecule has 1 atom stereocenters. The minimum atomic E-state index is -0.0898. The zero-order valence-electron chi connectivity index (χ0n) is 17.5. The van der Waals surface area contributed by atoms with Crippen molar-refractivity contribution in [2.75, 3.05) is 26.7 Å². The lowest BCUT2D eigenvalue weighted by Gasteiger charge is -2.38. The first-order valence-electron chi connectivity index (χ1n) is 10.3. The molecule has 0 spiro atoms. The number of piperazine rings is 1. The summed E-state index contributed by atoms with van der Waals surface area (Å²) in [6.45, 7) is 3.83. The molecule has 1 saturated heterocycles. The van der Waals surface area contributed by atoms with Crippen LogP contribution >= 0.6 is 0 Å². The number of carbonyl (C=O) groups is 1. The lowest BCUT2D eigenvalue weighted by atomic mass is 10.1. The minimum Gasteiger partial charge on any atom is -0.334 e. The van der Waals surface area contributed by atoms with Crippen molar-refractivity contribution >= 4 is 11.4 Å². The molecule has 8 nitrogen and oxygen atoms in total. The van der Waals surface area contributed by atoms with E-state index in [1.54, 1.807) is 18.6 Å². The van der Waals surface area contributed by atoms with Gasteiger partial charge in [0, 0.05) is 50.0 Å². The third kappa shape index (κ3) is 3.66. The average molecular weight is 413 g/mol. The summed E-state index contributed by atoms with van der Waals surface area (Å²) in [7, 11) is 2.08. The van der Waals surface area contributed by atoms with Gasteiger partial charge in [0.05, 0.1) is 35.5 Å². The molecule has 0 N–H and O–H groups in total. The summed E-state index contributed by atoms with van der Waals surface area (Å²) in [6, 6.07) is 8.15. The number of amides is 1. The van der Waals surface area contributed by atoms with Crippen molar-refractivity contribution in [1.29, 1.82) is 0 Å². The molecule has 8 heteroatoms. The highest BCUT2D eigenvalue weighted by Crippen LogP contribution is 2.28. The van der Waals surface area contributed by atoms with E-state index >= 15 is 0 Å². The quantitative estimate of drug-likeness (QED) is 0.514. The molecule has 156 valence electrons. The van der Waals surface area contributed by atoms with Crippen molar-refractivity contribution in [3.8, 4) is 11.1 Å². The molecule has 4 aromatic heterocycles. The Morgan fingerprint density at radius 3 is 2.71 bits per heavy atom. The highest BCUT2D eigenvalue weighted by Gasteiger charge is 2.31. The van der Waals surface area contributed by atoms with Crippen molar-refractivity contribution in [2.24, 2.45) is 0 Å². The van der Waals surface area contributed by atoms with Gasteiger partial charge >= 0.3 is 0 Å². The van der Waals surface area contributed by atoms with Gasteiger partial charge in [0.1, 0.15) is 5.69 Å². The first-order valence-corrected chi connectivity index (χ1v) is 10.3. The molecule has 4 aromatic rings. The summed E-state index contributed by atoms with van der Waals surface area (Å²) < 4.78 is 2.04. The Bertz CT molecular complexity index is 1220. The lowest BCUT2D eigenvalue weighted by molar-refractivity contribution is 0.0537. The van der Waals surface area contributed by atoms with Crippen LogP contribution in [0.4, 0.5) is 0 Å². The maximum Gasteiger partial charge on any atom is 0.274 e.